The first-order chi connectivity index (χ1) is 11.9. The Balaban J connectivity index is 2.10. The van der Waals surface area contributed by atoms with Crippen molar-refractivity contribution in [3.05, 3.63) is 35.9 Å². The second-order valence-electron chi connectivity index (χ2n) is 7.61. The number of nitrogens with two attached hydrogens (primary N) is 1. The SMILES string of the molecule is CC(C)C(N)CCN(C)C(=O)C(c1ccccc1)N1CCN(C)CC1. The fraction of sp³-hybridized carbons (Fsp3) is 0.650. The number of carbonyl (C=O) groups is 1. The molecule has 0 saturated carbocycles. The molecular weight excluding hydrogens is 312 g/mol. The van der Waals surface area contributed by atoms with E-state index in [0.717, 1.165) is 38.2 Å². The number of piperazine rings is 1. The first-order valence-corrected chi connectivity index (χ1v) is 9.38. The number of hydrogen-bond acceptors (Lipinski definition) is 4. The van der Waals surface area contributed by atoms with E-state index in [4.69, 9.17) is 5.73 Å². The molecule has 2 atom stereocenters. The predicted octanol–water partition coefficient (Wildman–Crippen LogP) is 1.81. The fourth-order valence-corrected chi connectivity index (χ4v) is 3.22. The van der Waals surface area contributed by atoms with Crippen molar-refractivity contribution in [2.75, 3.05) is 46.8 Å². The van der Waals surface area contributed by atoms with Gasteiger partial charge in [-0.15, -0.1) is 0 Å². The lowest BCUT2D eigenvalue weighted by atomic mass is 10.0. The number of amides is 1. The molecule has 1 aliphatic heterocycles. The van der Waals surface area contributed by atoms with E-state index < -0.39 is 0 Å². The minimum atomic E-state index is -0.199. The fourth-order valence-electron chi connectivity index (χ4n) is 3.22. The Labute approximate surface area is 152 Å². The monoisotopic (exact) mass is 346 g/mol. The first kappa shape index (κ1) is 19.9. The Morgan fingerprint density at radius 3 is 2.32 bits per heavy atom. The summed E-state index contributed by atoms with van der Waals surface area (Å²) in [5, 5.41) is 0. The van der Waals surface area contributed by atoms with Crippen molar-refractivity contribution < 1.29 is 4.79 Å². The molecule has 1 heterocycles. The Kier molecular flexibility index (Phi) is 7.41. The third-order valence-electron chi connectivity index (χ3n) is 5.28. The van der Waals surface area contributed by atoms with Gasteiger partial charge < -0.3 is 15.5 Å². The van der Waals surface area contributed by atoms with E-state index >= 15 is 0 Å². The van der Waals surface area contributed by atoms with Crippen LogP contribution in [0.25, 0.3) is 0 Å². The highest BCUT2D eigenvalue weighted by atomic mass is 16.2. The molecule has 1 saturated heterocycles. The Hall–Kier alpha value is -1.43. The molecule has 2 rings (SSSR count). The number of likely N-dealkylation sites (N-methyl/N-ethyl adjacent to an activating group) is 2. The Morgan fingerprint density at radius 2 is 1.76 bits per heavy atom. The Morgan fingerprint density at radius 1 is 1.16 bits per heavy atom. The lowest BCUT2D eigenvalue weighted by Gasteiger charge is -2.39. The van der Waals surface area contributed by atoms with Crippen LogP contribution in [0.15, 0.2) is 30.3 Å². The maximum atomic E-state index is 13.2. The average molecular weight is 347 g/mol. The van der Waals surface area contributed by atoms with Crippen molar-refractivity contribution in [2.45, 2.75) is 32.4 Å². The van der Waals surface area contributed by atoms with Crippen LogP contribution >= 0.6 is 0 Å². The van der Waals surface area contributed by atoms with E-state index in [9.17, 15) is 4.79 Å². The third-order valence-corrected chi connectivity index (χ3v) is 5.28. The molecule has 1 fully saturated rings. The predicted molar refractivity (Wildman–Crippen MR) is 103 cm³/mol. The molecule has 25 heavy (non-hydrogen) atoms. The molecule has 1 aliphatic rings. The van der Waals surface area contributed by atoms with Crippen molar-refractivity contribution >= 4 is 5.91 Å². The highest BCUT2D eigenvalue weighted by Crippen LogP contribution is 2.24. The van der Waals surface area contributed by atoms with Gasteiger partial charge in [0.25, 0.3) is 0 Å². The highest BCUT2D eigenvalue weighted by Gasteiger charge is 2.31. The molecule has 5 nitrogen and oxygen atoms in total. The summed E-state index contributed by atoms with van der Waals surface area (Å²) in [4.78, 5) is 19.7. The summed E-state index contributed by atoms with van der Waals surface area (Å²) >= 11 is 0. The molecule has 2 unspecified atom stereocenters. The summed E-state index contributed by atoms with van der Waals surface area (Å²) in [6.45, 7) is 8.79. The van der Waals surface area contributed by atoms with Crippen molar-refractivity contribution in [1.82, 2.24) is 14.7 Å². The number of carbonyl (C=O) groups excluding carboxylic acids is 1. The van der Waals surface area contributed by atoms with Gasteiger partial charge in [-0.1, -0.05) is 44.2 Å². The van der Waals surface area contributed by atoms with Gasteiger partial charge in [0, 0.05) is 45.8 Å². The molecule has 0 spiro atoms. The average Bonchev–Trinajstić information content (AvgIpc) is 2.61. The molecule has 2 N–H and O–H groups in total. The second-order valence-corrected chi connectivity index (χ2v) is 7.61. The zero-order valence-corrected chi connectivity index (χ0v) is 16.2. The topological polar surface area (TPSA) is 52.8 Å². The zero-order valence-electron chi connectivity index (χ0n) is 16.2. The van der Waals surface area contributed by atoms with Crippen LogP contribution in [-0.2, 0) is 4.79 Å². The van der Waals surface area contributed by atoms with E-state index in [1.54, 1.807) is 0 Å². The van der Waals surface area contributed by atoms with Gasteiger partial charge in [-0.25, -0.2) is 0 Å². The summed E-state index contributed by atoms with van der Waals surface area (Å²) in [5.74, 6) is 0.609. The van der Waals surface area contributed by atoms with Gasteiger partial charge in [-0.2, -0.15) is 0 Å². The molecule has 5 heteroatoms. The number of hydrogen-bond donors (Lipinski definition) is 1. The van der Waals surface area contributed by atoms with Gasteiger partial charge in [0.05, 0.1) is 0 Å². The first-order valence-electron chi connectivity index (χ1n) is 9.38. The van der Waals surface area contributed by atoms with Gasteiger partial charge in [0.1, 0.15) is 6.04 Å². The Bertz CT molecular complexity index is 526. The van der Waals surface area contributed by atoms with Crippen molar-refractivity contribution in [2.24, 2.45) is 11.7 Å². The van der Waals surface area contributed by atoms with E-state index in [-0.39, 0.29) is 18.0 Å². The molecule has 1 aromatic carbocycles. The van der Waals surface area contributed by atoms with Crippen LogP contribution in [0.1, 0.15) is 31.9 Å². The van der Waals surface area contributed by atoms with Crippen LogP contribution < -0.4 is 5.73 Å². The maximum Gasteiger partial charge on any atom is 0.244 e. The molecule has 1 aromatic rings. The standard InChI is InChI=1S/C20H34N4O/c1-16(2)18(21)10-11-23(4)20(25)19(17-8-6-5-7-9-17)24-14-12-22(3)13-15-24/h5-9,16,18-19H,10-15,21H2,1-4H3. The lowest BCUT2D eigenvalue weighted by Crippen LogP contribution is -2.50. The van der Waals surface area contributed by atoms with Crippen LogP contribution in [0.4, 0.5) is 0 Å². The van der Waals surface area contributed by atoms with E-state index in [1.807, 2.05) is 30.1 Å². The van der Waals surface area contributed by atoms with E-state index in [1.165, 1.54) is 0 Å². The van der Waals surface area contributed by atoms with E-state index in [2.05, 4.69) is 42.8 Å². The highest BCUT2D eigenvalue weighted by molar-refractivity contribution is 5.83. The molecule has 0 aliphatic carbocycles. The lowest BCUT2D eigenvalue weighted by molar-refractivity contribution is -0.136. The normalized spacial score (nSPS) is 19.0. The minimum Gasteiger partial charge on any atom is -0.344 e. The molecule has 0 aromatic heterocycles. The van der Waals surface area contributed by atoms with Crippen molar-refractivity contribution in [1.29, 1.82) is 0 Å². The largest absolute Gasteiger partial charge is 0.344 e. The zero-order chi connectivity index (χ0) is 18.4. The number of benzene rings is 1. The second kappa shape index (κ2) is 9.32. The molecular formula is C20H34N4O. The van der Waals surface area contributed by atoms with Crippen LogP contribution in [0.2, 0.25) is 0 Å². The molecule has 1 amide bonds. The summed E-state index contributed by atoms with van der Waals surface area (Å²) in [7, 11) is 4.04. The quantitative estimate of drug-likeness (QED) is 0.818. The maximum absolute atomic E-state index is 13.2. The van der Waals surface area contributed by atoms with Crippen LogP contribution in [0, 0.1) is 5.92 Å². The number of rotatable bonds is 7. The third kappa shape index (κ3) is 5.53. The van der Waals surface area contributed by atoms with Gasteiger partial charge in [0.2, 0.25) is 5.91 Å². The summed E-state index contributed by atoms with van der Waals surface area (Å²) < 4.78 is 0. The molecule has 0 bridgehead atoms. The smallest absolute Gasteiger partial charge is 0.244 e. The van der Waals surface area contributed by atoms with Gasteiger partial charge in [0.15, 0.2) is 0 Å². The minimum absolute atomic E-state index is 0.133. The van der Waals surface area contributed by atoms with Crippen LogP contribution in [-0.4, -0.2) is 73.5 Å². The number of nitrogens with zero attached hydrogens (tertiary/aromatic N) is 3. The summed E-state index contributed by atoms with van der Waals surface area (Å²) in [6.07, 6.45) is 0.837. The van der Waals surface area contributed by atoms with Gasteiger partial charge in [-0.3, -0.25) is 9.69 Å². The van der Waals surface area contributed by atoms with Crippen LogP contribution in [0.3, 0.4) is 0 Å². The molecule has 0 radical (unpaired) electrons. The van der Waals surface area contributed by atoms with E-state index in [0.29, 0.717) is 12.5 Å². The van der Waals surface area contributed by atoms with Crippen LogP contribution in [0.5, 0.6) is 0 Å². The molecule has 140 valence electrons. The summed E-state index contributed by atoms with van der Waals surface area (Å²) in [5.41, 5.74) is 7.24. The summed E-state index contributed by atoms with van der Waals surface area (Å²) in [6, 6.07) is 10.1. The van der Waals surface area contributed by atoms with Gasteiger partial charge in [-0.05, 0) is 24.9 Å². The van der Waals surface area contributed by atoms with Crippen molar-refractivity contribution in [3.63, 3.8) is 0 Å². The van der Waals surface area contributed by atoms with Gasteiger partial charge >= 0.3 is 0 Å². The van der Waals surface area contributed by atoms with Crippen molar-refractivity contribution in [3.8, 4) is 0 Å².